The van der Waals surface area contributed by atoms with E-state index in [9.17, 15) is 43.5 Å². The zero-order valence-electron chi connectivity index (χ0n) is 24.4. The van der Waals surface area contributed by atoms with E-state index < -0.39 is 91.3 Å². The van der Waals surface area contributed by atoms with Crippen LogP contribution in [-0.2, 0) is 50.9 Å². The number of ether oxygens (including phenoxy) is 2. The number of hydrogen-bond acceptors (Lipinski definition) is 14. The molecule has 1 aliphatic carbocycles. The SMILES string of the molecule is CC/C=C/C/C=C/CCCC(=O)O[C@H](COC(=O)CC)COP(=O)(O)O[C@@H]1[C@H](O)[C@H](O)[C@@H](OP(=O)(O)O)[C@H](OP(=O)(O)O)[C@H]1O. The minimum Gasteiger partial charge on any atom is -0.462 e. The summed E-state index contributed by atoms with van der Waals surface area (Å²) in [4.78, 5) is 70.6. The average molecular weight is 714 g/mol. The molecule has 0 bridgehead atoms. The van der Waals surface area contributed by atoms with Crippen LogP contribution in [0.15, 0.2) is 24.3 Å². The fourth-order valence-electron chi connectivity index (χ4n) is 3.78. The lowest BCUT2D eigenvalue weighted by Crippen LogP contribution is -2.65. The summed E-state index contributed by atoms with van der Waals surface area (Å²) in [7, 11) is -16.5. The Hall–Kier alpha value is -1.37. The Kier molecular flexibility index (Phi) is 18.0. The standard InChI is InChI=1S/C23H41O19P3/c1-3-5-6-7-8-9-10-11-12-17(25)39-15(13-37-16(24)4-2)14-38-45(35,36)42-21-18(26)19(27)22(40-43(29,30)31)23(20(21)28)41-44(32,33)34/h5-6,8-9,15,18-23,26-28H,3-4,7,10-14H2,1-2H3,(H,35,36)(H2,29,30,31)(H2,32,33,34)/b6-5+,9-8+/t15-,18-,19+,20+,21-,22-,23-/m1/s1. The highest BCUT2D eigenvalue weighted by Crippen LogP contribution is 2.51. The van der Waals surface area contributed by atoms with Crippen molar-refractivity contribution in [2.75, 3.05) is 13.2 Å². The second kappa shape index (κ2) is 19.5. The highest BCUT2D eigenvalue weighted by atomic mass is 31.2. The molecule has 8 atom stereocenters. The van der Waals surface area contributed by atoms with E-state index >= 15 is 0 Å². The van der Waals surface area contributed by atoms with Gasteiger partial charge in [0.15, 0.2) is 6.10 Å². The predicted molar refractivity (Wildman–Crippen MR) is 151 cm³/mol. The average Bonchev–Trinajstić information content (AvgIpc) is 2.93. The van der Waals surface area contributed by atoms with Gasteiger partial charge in [0.1, 0.15) is 43.2 Å². The monoisotopic (exact) mass is 714 g/mol. The Balaban J connectivity index is 2.95. The third-order valence-corrected chi connectivity index (χ3v) is 7.85. The molecule has 0 aromatic carbocycles. The molecule has 0 aliphatic heterocycles. The van der Waals surface area contributed by atoms with Gasteiger partial charge in [0.05, 0.1) is 6.61 Å². The van der Waals surface area contributed by atoms with Crippen LogP contribution in [0.2, 0.25) is 0 Å². The first kappa shape index (κ1) is 41.7. The topological polar surface area (TPSA) is 303 Å². The van der Waals surface area contributed by atoms with Crippen LogP contribution in [0.3, 0.4) is 0 Å². The molecule has 0 spiro atoms. The molecule has 0 radical (unpaired) electrons. The molecule has 0 heterocycles. The number of esters is 2. The number of carbonyl (C=O) groups is 2. The van der Waals surface area contributed by atoms with Gasteiger partial charge in [0.2, 0.25) is 0 Å². The van der Waals surface area contributed by atoms with E-state index in [4.69, 9.17) is 38.1 Å². The van der Waals surface area contributed by atoms with Gasteiger partial charge in [-0.05, 0) is 25.7 Å². The highest BCUT2D eigenvalue weighted by Gasteiger charge is 2.56. The van der Waals surface area contributed by atoms with E-state index in [-0.39, 0.29) is 12.8 Å². The van der Waals surface area contributed by atoms with E-state index in [1.165, 1.54) is 6.92 Å². The molecule has 0 aromatic heterocycles. The third-order valence-electron chi connectivity index (χ3n) is 5.83. The summed E-state index contributed by atoms with van der Waals surface area (Å²) in [6.45, 7) is 1.95. The molecule has 0 aromatic rings. The van der Waals surface area contributed by atoms with Crippen LogP contribution in [0.1, 0.15) is 52.4 Å². The molecule has 262 valence electrons. The van der Waals surface area contributed by atoms with Gasteiger partial charge in [0, 0.05) is 12.8 Å². The lowest BCUT2D eigenvalue weighted by Gasteiger charge is -2.44. The second-order valence-corrected chi connectivity index (χ2v) is 13.3. The van der Waals surface area contributed by atoms with E-state index in [0.29, 0.717) is 12.8 Å². The van der Waals surface area contributed by atoms with Crippen molar-refractivity contribution in [3.05, 3.63) is 24.3 Å². The molecule has 19 nitrogen and oxygen atoms in total. The zero-order valence-corrected chi connectivity index (χ0v) is 27.1. The van der Waals surface area contributed by atoms with Crippen molar-refractivity contribution < 1.29 is 90.6 Å². The Bertz CT molecular complexity index is 1130. The van der Waals surface area contributed by atoms with Crippen LogP contribution in [0.4, 0.5) is 0 Å². The van der Waals surface area contributed by atoms with Crippen LogP contribution in [0.25, 0.3) is 0 Å². The van der Waals surface area contributed by atoms with Gasteiger partial charge in [0.25, 0.3) is 0 Å². The first-order valence-corrected chi connectivity index (χ1v) is 18.2. The van der Waals surface area contributed by atoms with Crippen molar-refractivity contribution in [1.82, 2.24) is 0 Å². The minimum atomic E-state index is -5.58. The van der Waals surface area contributed by atoms with Crippen molar-refractivity contribution in [3.8, 4) is 0 Å². The number of hydrogen-bond donors (Lipinski definition) is 8. The summed E-state index contributed by atoms with van der Waals surface area (Å²) in [5, 5.41) is 31.2. The van der Waals surface area contributed by atoms with Crippen LogP contribution >= 0.6 is 23.5 Å². The summed E-state index contributed by atoms with van der Waals surface area (Å²) in [6, 6.07) is 0. The first-order valence-electron chi connectivity index (χ1n) is 13.6. The number of phosphoric acid groups is 3. The maximum Gasteiger partial charge on any atom is 0.472 e. The molecule has 1 unspecified atom stereocenters. The van der Waals surface area contributed by atoms with Crippen molar-refractivity contribution in [2.45, 2.75) is 95.1 Å². The quantitative estimate of drug-likeness (QED) is 0.0368. The maximum atomic E-state index is 12.7. The van der Waals surface area contributed by atoms with Crippen molar-refractivity contribution in [2.24, 2.45) is 0 Å². The number of phosphoric ester groups is 3. The van der Waals surface area contributed by atoms with Crippen molar-refractivity contribution >= 4 is 35.4 Å². The van der Waals surface area contributed by atoms with E-state index in [0.717, 1.165) is 12.8 Å². The zero-order chi connectivity index (χ0) is 34.4. The number of rotatable bonds is 20. The molecular formula is C23H41O19P3. The Morgan fingerprint density at radius 3 is 1.84 bits per heavy atom. The number of allylic oxidation sites excluding steroid dienone is 4. The minimum absolute atomic E-state index is 0.0483. The largest absolute Gasteiger partial charge is 0.472 e. The lowest BCUT2D eigenvalue weighted by atomic mass is 9.85. The van der Waals surface area contributed by atoms with E-state index in [2.05, 4.69) is 9.05 Å². The van der Waals surface area contributed by atoms with Gasteiger partial charge >= 0.3 is 35.4 Å². The smallest absolute Gasteiger partial charge is 0.462 e. The summed E-state index contributed by atoms with van der Waals surface area (Å²) in [5.74, 6) is -1.47. The Morgan fingerprint density at radius 1 is 0.733 bits per heavy atom. The molecule has 0 saturated heterocycles. The Morgan fingerprint density at radius 2 is 1.29 bits per heavy atom. The molecule has 1 rings (SSSR count). The van der Waals surface area contributed by atoms with Gasteiger partial charge in [-0.15, -0.1) is 0 Å². The lowest BCUT2D eigenvalue weighted by molar-refractivity contribution is -0.213. The van der Waals surface area contributed by atoms with Gasteiger partial charge in [-0.3, -0.25) is 27.7 Å². The summed E-state index contributed by atoms with van der Waals surface area (Å²) in [5.41, 5.74) is 0. The van der Waals surface area contributed by atoms with Crippen LogP contribution in [-0.4, -0.2) is 108 Å². The number of aliphatic hydroxyl groups is 3. The normalized spacial score (nSPS) is 26.5. The maximum absolute atomic E-state index is 12.7. The fraction of sp³-hybridized carbons (Fsp3) is 0.739. The molecule has 1 aliphatic rings. The highest BCUT2D eigenvalue weighted by molar-refractivity contribution is 7.47. The van der Waals surface area contributed by atoms with Gasteiger partial charge in [-0.1, -0.05) is 38.2 Å². The third kappa shape index (κ3) is 16.8. The summed E-state index contributed by atoms with van der Waals surface area (Å²) in [6.07, 6.45) is -6.14. The molecule has 1 fully saturated rings. The van der Waals surface area contributed by atoms with Crippen molar-refractivity contribution in [3.63, 3.8) is 0 Å². The van der Waals surface area contributed by atoms with E-state index in [1.54, 1.807) is 0 Å². The number of carbonyl (C=O) groups excluding carboxylic acids is 2. The Labute approximate surface area is 258 Å². The molecule has 1 saturated carbocycles. The van der Waals surface area contributed by atoms with Crippen LogP contribution < -0.4 is 0 Å². The van der Waals surface area contributed by atoms with Crippen LogP contribution in [0.5, 0.6) is 0 Å². The van der Waals surface area contributed by atoms with Crippen LogP contribution in [0, 0.1) is 0 Å². The number of aliphatic hydroxyl groups excluding tert-OH is 3. The summed E-state index contributed by atoms with van der Waals surface area (Å²) < 4.78 is 63.4. The molecule has 45 heavy (non-hydrogen) atoms. The molecule has 0 amide bonds. The van der Waals surface area contributed by atoms with E-state index in [1.807, 2.05) is 31.2 Å². The molecular weight excluding hydrogens is 673 g/mol. The molecule has 22 heteroatoms. The second-order valence-electron chi connectivity index (χ2n) is 9.55. The predicted octanol–water partition coefficient (Wildman–Crippen LogP) is 0.488. The number of unbranched alkanes of at least 4 members (excludes halogenated alkanes) is 1. The van der Waals surface area contributed by atoms with Gasteiger partial charge in [-0.2, -0.15) is 0 Å². The summed E-state index contributed by atoms with van der Waals surface area (Å²) >= 11 is 0. The van der Waals surface area contributed by atoms with Gasteiger partial charge in [-0.25, -0.2) is 13.7 Å². The van der Waals surface area contributed by atoms with Gasteiger partial charge < -0.3 is 49.3 Å². The first-order chi connectivity index (χ1) is 20.8. The fourth-order valence-corrected chi connectivity index (χ4v) is 5.88. The molecule has 8 N–H and O–H groups in total. The van der Waals surface area contributed by atoms with Crippen molar-refractivity contribution in [1.29, 1.82) is 0 Å².